The molecule has 0 radical (unpaired) electrons. The van der Waals surface area contributed by atoms with Crippen molar-refractivity contribution in [2.24, 2.45) is 11.8 Å². The molecule has 2 aromatic rings. The minimum absolute atomic E-state index is 0.0115. The van der Waals surface area contributed by atoms with Gasteiger partial charge in [-0.25, -0.2) is 4.98 Å². The SMILES string of the molecule is O=C(O)C1CCN(c2nc(CCC(F)(F)C(F)(F)F)cnc2-c2ccc(OCC3CC3)cc2)CC1. The second-order valence-corrected chi connectivity index (χ2v) is 9.11. The van der Waals surface area contributed by atoms with E-state index in [2.05, 4.69) is 9.97 Å². The van der Waals surface area contributed by atoms with Crippen LogP contribution in [0.25, 0.3) is 11.3 Å². The van der Waals surface area contributed by atoms with E-state index in [1.807, 2.05) is 4.90 Å². The van der Waals surface area contributed by atoms with Crippen molar-refractivity contribution in [1.29, 1.82) is 0 Å². The highest BCUT2D eigenvalue weighted by Gasteiger charge is 2.56. The number of nitrogens with zero attached hydrogens (tertiary/aromatic N) is 3. The highest BCUT2D eigenvalue weighted by atomic mass is 19.4. The number of anilines is 1. The number of hydrogen-bond donors (Lipinski definition) is 1. The third kappa shape index (κ3) is 6.18. The summed E-state index contributed by atoms with van der Waals surface area (Å²) in [6.07, 6.45) is -3.41. The maximum Gasteiger partial charge on any atom is 0.453 e. The molecule has 2 fully saturated rings. The summed E-state index contributed by atoms with van der Waals surface area (Å²) in [5, 5.41) is 9.27. The monoisotopic (exact) mass is 499 g/mol. The lowest BCUT2D eigenvalue weighted by molar-refractivity contribution is -0.284. The number of rotatable bonds is 9. The van der Waals surface area contributed by atoms with Gasteiger partial charge in [0.2, 0.25) is 0 Å². The van der Waals surface area contributed by atoms with Crippen molar-refractivity contribution >= 4 is 11.8 Å². The van der Waals surface area contributed by atoms with Crippen LogP contribution in [0.3, 0.4) is 0 Å². The average molecular weight is 499 g/mol. The molecule has 0 spiro atoms. The summed E-state index contributed by atoms with van der Waals surface area (Å²) < 4.78 is 70.4. The second kappa shape index (κ2) is 9.94. The van der Waals surface area contributed by atoms with E-state index in [4.69, 9.17) is 4.74 Å². The van der Waals surface area contributed by atoms with Crippen LogP contribution in [-0.2, 0) is 11.2 Å². The minimum Gasteiger partial charge on any atom is -0.493 e. The fourth-order valence-electron chi connectivity index (χ4n) is 3.93. The maximum atomic E-state index is 13.4. The highest BCUT2D eigenvalue weighted by molar-refractivity contribution is 5.74. The van der Waals surface area contributed by atoms with Gasteiger partial charge in [0.25, 0.3) is 0 Å². The first-order valence-corrected chi connectivity index (χ1v) is 11.5. The predicted octanol–water partition coefficient (Wildman–Crippen LogP) is 5.36. The normalized spacial score (nSPS) is 17.5. The number of carboxylic acids is 1. The number of piperidine rings is 1. The van der Waals surface area contributed by atoms with Gasteiger partial charge in [-0.1, -0.05) is 0 Å². The molecule has 0 atom stereocenters. The summed E-state index contributed by atoms with van der Waals surface area (Å²) in [6, 6.07) is 7.16. The van der Waals surface area contributed by atoms with Crippen LogP contribution in [0.2, 0.25) is 0 Å². The van der Waals surface area contributed by atoms with Gasteiger partial charge >= 0.3 is 18.1 Å². The Labute approximate surface area is 199 Å². The Hall–Kier alpha value is -2.98. The van der Waals surface area contributed by atoms with E-state index < -0.39 is 36.8 Å². The quantitative estimate of drug-likeness (QED) is 0.468. The molecule has 6 nitrogen and oxygen atoms in total. The summed E-state index contributed by atoms with van der Waals surface area (Å²) in [5.74, 6) is -4.58. The van der Waals surface area contributed by atoms with Gasteiger partial charge in [-0.05, 0) is 62.3 Å². The number of aliphatic carboxylic acids is 1. The molecular weight excluding hydrogens is 473 g/mol. The summed E-state index contributed by atoms with van der Waals surface area (Å²) in [4.78, 5) is 21.9. The molecular formula is C24H26F5N3O3. The molecule has 1 aliphatic heterocycles. The fraction of sp³-hybridized carbons (Fsp3) is 0.542. The Morgan fingerprint density at radius 3 is 2.29 bits per heavy atom. The average Bonchev–Trinajstić information content (AvgIpc) is 3.66. The van der Waals surface area contributed by atoms with Crippen molar-refractivity contribution in [2.75, 3.05) is 24.6 Å². The van der Waals surface area contributed by atoms with E-state index in [0.29, 0.717) is 61.3 Å². The van der Waals surface area contributed by atoms with Crippen molar-refractivity contribution in [3.8, 4) is 17.0 Å². The number of hydrogen-bond acceptors (Lipinski definition) is 5. The Bertz CT molecular complexity index is 1030. The molecule has 1 saturated heterocycles. The van der Waals surface area contributed by atoms with Gasteiger partial charge in [0.05, 0.1) is 18.2 Å². The van der Waals surface area contributed by atoms with Gasteiger partial charge in [0.15, 0.2) is 5.82 Å². The zero-order valence-electron chi connectivity index (χ0n) is 18.9. The van der Waals surface area contributed by atoms with E-state index >= 15 is 0 Å². The summed E-state index contributed by atoms with van der Waals surface area (Å²) in [5.41, 5.74) is 1.13. The van der Waals surface area contributed by atoms with Crippen molar-refractivity contribution in [3.05, 3.63) is 36.2 Å². The zero-order valence-corrected chi connectivity index (χ0v) is 18.9. The molecule has 2 heterocycles. The molecule has 35 heavy (non-hydrogen) atoms. The van der Waals surface area contributed by atoms with Crippen molar-refractivity contribution in [3.63, 3.8) is 0 Å². The van der Waals surface area contributed by atoms with E-state index in [-0.39, 0.29) is 5.69 Å². The number of aromatic nitrogens is 2. The van der Waals surface area contributed by atoms with Crippen LogP contribution in [-0.4, -0.2) is 52.8 Å². The smallest absolute Gasteiger partial charge is 0.453 e. The number of halogens is 5. The number of carbonyl (C=O) groups is 1. The predicted molar refractivity (Wildman–Crippen MR) is 118 cm³/mol. The Morgan fingerprint density at radius 1 is 1.06 bits per heavy atom. The fourth-order valence-corrected chi connectivity index (χ4v) is 3.93. The molecule has 1 aromatic carbocycles. The third-order valence-corrected chi connectivity index (χ3v) is 6.37. The molecule has 0 bridgehead atoms. The van der Waals surface area contributed by atoms with Crippen molar-refractivity contribution < 1.29 is 36.6 Å². The minimum atomic E-state index is -5.63. The maximum absolute atomic E-state index is 13.4. The van der Waals surface area contributed by atoms with Gasteiger partial charge in [-0.3, -0.25) is 9.78 Å². The van der Waals surface area contributed by atoms with Crippen LogP contribution < -0.4 is 9.64 Å². The van der Waals surface area contributed by atoms with Crippen LogP contribution in [0.4, 0.5) is 27.8 Å². The standard InChI is InChI=1S/C24H26F5N3O3/c25-23(26,24(27,28)29)10-7-18-13-30-20(16-3-5-19(6-4-16)35-14-15-1-2-15)21(31-18)32-11-8-17(9-12-32)22(33)34/h3-6,13,15,17H,1-2,7-12,14H2,(H,33,34). The van der Waals surface area contributed by atoms with E-state index in [1.165, 1.54) is 6.20 Å². The third-order valence-electron chi connectivity index (χ3n) is 6.37. The van der Waals surface area contributed by atoms with E-state index in [9.17, 15) is 31.9 Å². The molecule has 1 aromatic heterocycles. The lowest BCUT2D eigenvalue weighted by Crippen LogP contribution is -2.38. The second-order valence-electron chi connectivity index (χ2n) is 9.11. The zero-order chi connectivity index (χ0) is 25.2. The molecule has 0 unspecified atom stereocenters. The highest BCUT2D eigenvalue weighted by Crippen LogP contribution is 2.39. The van der Waals surface area contributed by atoms with Gasteiger partial charge in [0, 0.05) is 31.3 Å². The molecule has 1 N–H and O–H groups in total. The van der Waals surface area contributed by atoms with Crippen LogP contribution in [0.15, 0.2) is 30.5 Å². The molecule has 4 rings (SSSR count). The van der Waals surface area contributed by atoms with Crippen LogP contribution in [0.5, 0.6) is 5.75 Å². The van der Waals surface area contributed by atoms with Crippen LogP contribution in [0, 0.1) is 11.8 Å². The summed E-state index contributed by atoms with van der Waals surface area (Å²) >= 11 is 0. The van der Waals surface area contributed by atoms with Crippen molar-refractivity contribution in [2.45, 2.75) is 50.6 Å². The molecule has 1 saturated carbocycles. The number of ether oxygens (including phenoxy) is 1. The van der Waals surface area contributed by atoms with E-state index in [1.54, 1.807) is 24.3 Å². The van der Waals surface area contributed by atoms with Gasteiger partial charge in [-0.2, -0.15) is 22.0 Å². The van der Waals surface area contributed by atoms with E-state index in [0.717, 1.165) is 12.8 Å². The van der Waals surface area contributed by atoms with Crippen LogP contribution in [0.1, 0.15) is 37.8 Å². The van der Waals surface area contributed by atoms with Gasteiger partial charge in [-0.15, -0.1) is 0 Å². The molecule has 1 aliphatic carbocycles. The lowest BCUT2D eigenvalue weighted by Gasteiger charge is -2.32. The van der Waals surface area contributed by atoms with Crippen molar-refractivity contribution in [1.82, 2.24) is 9.97 Å². The topological polar surface area (TPSA) is 75.5 Å². The Balaban J connectivity index is 1.56. The first-order valence-electron chi connectivity index (χ1n) is 11.5. The van der Waals surface area contributed by atoms with Gasteiger partial charge < -0.3 is 14.7 Å². The first kappa shape index (κ1) is 25.1. The largest absolute Gasteiger partial charge is 0.493 e. The Kier molecular flexibility index (Phi) is 7.14. The molecule has 0 amide bonds. The van der Waals surface area contributed by atoms with Crippen LogP contribution >= 0.6 is 0 Å². The number of aryl methyl sites for hydroxylation is 1. The Morgan fingerprint density at radius 2 is 1.71 bits per heavy atom. The lowest BCUT2D eigenvalue weighted by atomic mass is 9.97. The summed E-state index contributed by atoms with van der Waals surface area (Å²) in [7, 11) is 0. The number of benzene rings is 1. The van der Waals surface area contributed by atoms with Gasteiger partial charge in [0.1, 0.15) is 11.4 Å². The summed E-state index contributed by atoms with van der Waals surface area (Å²) in [6.45, 7) is 1.35. The number of alkyl halides is 5. The molecule has 11 heteroatoms. The first-order chi connectivity index (χ1) is 16.5. The molecule has 190 valence electrons. The number of carboxylic acid groups (broad SMARTS) is 1. The molecule has 2 aliphatic rings.